The summed E-state index contributed by atoms with van der Waals surface area (Å²) in [5.41, 5.74) is 0.974. The fourth-order valence-corrected chi connectivity index (χ4v) is 1.30. The number of rotatable bonds is 2. The van der Waals surface area contributed by atoms with Gasteiger partial charge in [-0.25, -0.2) is 9.67 Å². The van der Waals surface area contributed by atoms with E-state index in [1.165, 1.54) is 0 Å². The second kappa shape index (κ2) is 3.80. The maximum absolute atomic E-state index is 5.79. The van der Waals surface area contributed by atoms with Crippen LogP contribution in [0.1, 0.15) is 12.7 Å². The van der Waals surface area contributed by atoms with Gasteiger partial charge in [0.2, 0.25) is 0 Å². The number of benzene rings is 1. The molecule has 0 N–H and O–H groups in total. The van der Waals surface area contributed by atoms with Crippen molar-refractivity contribution < 1.29 is 0 Å². The molecule has 0 bridgehead atoms. The lowest BCUT2D eigenvalue weighted by molar-refractivity contribution is 0.840. The van der Waals surface area contributed by atoms with E-state index in [-0.39, 0.29) is 0 Å². The first-order chi connectivity index (χ1) is 6.79. The Balaban J connectivity index is 2.34. The highest BCUT2D eigenvalue weighted by Gasteiger charge is 1.99. The Labute approximate surface area is 87.3 Å². The van der Waals surface area contributed by atoms with Gasteiger partial charge in [0, 0.05) is 11.4 Å². The van der Waals surface area contributed by atoms with Crippen LogP contribution in [-0.4, -0.2) is 14.8 Å². The third-order valence-electron chi connectivity index (χ3n) is 1.95. The Morgan fingerprint density at radius 1 is 1.29 bits per heavy atom. The summed E-state index contributed by atoms with van der Waals surface area (Å²) in [7, 11) is 0. The first-order valence-corrected chi connectivity index (χ1v) is 4.84. The second-order valence-corrected chi connectivity index (χ2v) is 3.37. The molecule has 0 radical (unpaired) electrons. The molecule has 0 aliphatic rings. The minimum Gasteiger partial charge on any atom is -0.221 e. The smallest absolute Gasteiger partial charge is 0.150 e. The van der Waals surface area contributed by atoms with Crippen molar-refractivity contribution in [1.82, 2.24) is 14.8 Å². The van der Waals surface area contributed by atoms with E-state index in [1.54, 1.807) is 11.0 Å². The van der Waals surface area contributed by atoms with E-state index in [2.05, 4.69) is 10.1 Å². The molecule has 0 fully saturated rings. The van der Waals surface area contributed by atoms with Gasteiger partial charge in [-0.2, -0.15) is 5.10 Å². The third kappa shape index (κ3) is 1.77. The molecule has 0 atom stereocenters. The number of nitrogens with zero attached hydrogens (tertiary/aromatic N) is 3. The minimum absolute atomic E-state index is 0.726. The van der Waals surface area contributed by atoms with Crippen LogP contribution >= 0.6 is 11.6 Å². The minimum atomic E-state index is 0.726. The Hall–Kier alpha value is -1.35. The molecule has 1 aromatic heterocycles. The zero-order chi connectivity index (χ0) is 9.97. The molecule has 0 saturated heterocycles. The van der Waals surface area contributed by atoms with E-state index >= 15 is 0 Å². The predicted octanol–water partition coefficient (Wildman–Crippen LogP) is 2.48. The molecule has 0 amide bonds. The molecule has 0 spiro atoms. The van der Waals surface area contributed by atoms with Gasteiger partial charge < -0.3 is 0 Å². The average molecular weight is 208 g/mol. The van der Waals surface area contributed by atoms with Crippen molar-refractivity contribution >= 4 is 11.6 Å². The standard InChI is InChI=1S/C10H10ClN3/c1-2-10-12-7-14(13-10)9-5-3-8(11)4-6-9/h3-7H,2H2,1H3. The summed E-state index contributed by atoms with van der Waals surface area (Å²) < 4.78 is 1.75. The van der Waals surface area contributed by atoms with Crippen molar-refractivity contribution in [3.05, 3.63) is 41.4 Å². The van der Waals surface area contributed by atoms with E-state index in [0.717, 1.165) is 23.0 Å². The topological polar surface area (TPSA) is 30.7 Å². The normalized spacial score (nSPS) is 10.4. The summed E-state index contributed by atoms with van der Waals surface area (Å²) in [5.74, 6) is 0.847. The van der Waals surface area contributed by atoms with Crippen molar-refractivity contribution in [3.63, 3.8) is 0 Å². The number of aromatic nitrogens is 3. The van der Waals surface area contributed by atoms with Crippen LogP contribution in [0.2, 0.25) is 5.02 Å². The molecule has 0 aliphatic heterocycles. The molecular weight excluding hydrogens is 198 g/mol. The molecule has 3 nitrogen and oxygen atoms in total. The SMILES string of the molecule is CCc1ncn(-c2ccc(Cl)cc2)n1. The Morgan fingerprint density at radius 3 is 2.57 bits per heavy atom. The summed E-state index contributed by atoms with van der Waals surface area (Å²) in [5, 5.41) is 5.02. The van der Waals surface area contributed by atoms with Crippen molar-refractivity contribution in [2.24, 2.45) is 0 Å². The van der Waals surface area contributed by atoms with E-state index in [9.17, 15) is 0 Å². The fourth-order valence-electron chi connectivity index (χ4n) is 1.18. The number of aryl methyl sites for hydroxylation is 1. The van der Waals surface area contributed by atoms with Crippen LogP contribution in [-0.2, 0) is 6.42 Å². The number of hydrogen-bond donors (Lipinski definition) is 0. The first-order valence-electron chi connectivity index (χ1n) is 4.46. The monoisotopic (exact) mass is 207 g/mol. The molecule has 4 heteroatoms. The maximum atomic E-state index is 5.79. The molecule has 2 rings (SSSR count). The van der Waals surface area contributed by atoms with Crippen LogP contribution in [0, 0.1) is 0 Å². The van der Waals surface area contributed by atoms with Gasteiger partial charge in [-0.15, -0.1) is 0 Å². The summed E-state index contributed by atoms with van der Waals surface area (Å²) in [6.45, 7) is 2.03. The quantitative estimate of drug-likeness (QED) is 0.758. The second-order valence-electron chi connectivity index (χ2n) is 2.94. The van der Waals surface area contributed by atoms with Gasteiger partial charge in [-0.3, -0.25) is 0 Å². The largest absolute Gasteiger partial charge is 0.221 e. The van der Waals surface area contributed by atoms with Crippen molar-refractivity contribution in [3.8, 4) is 5.69 Å². The van der Waals surface area contributed by atoms with Crippen LogP contribution in [0.4, 0.5) is 0 Å². The van der Waals surface area contributed by atoms with Crippen molar-refractivity contribution in [2.75, 3.05) is 0 Å². The van der Waals surface area contributed by atoms with Crippen molar-refractivity contribution in [1.29, 1.82) is 0 Å². The molecule has 0 saturated carbocycles. The van der Waals surface area contributed by atoms with E-state index in [4.69, 9.17) is 11.6 Å². The Bertz CT molecular complexity index is 419. The van der Waals surface area contributed by atoms with E-state index < -0.39 is 0 Å². The Morgan fingerprint density at radius 2 is 2.00 bits per heavy atom. The summed E-state index contributed by atoms with van der Waals surface area (Å²) in [6, 6.07) is 7.50. The van der Waals surface area contributed by atoms with Gasteiger partial charge in [0.05, 0.1) is 5.69 Å². The zero-order valence-corrected chi connectivity index (χ0v) is 8.57. The molecule has 0 aliphatic carbocycles. The lowest BCUT2D eigenvalue weighted by Gasteiger charge is -1.98. The highest BCUT2D eigenvalue weighted by Crippen LogP contribution is 2.12. The molecule has 0 unspecified atom stereocenters. The lowest BCUT2D eigenvalue weighted by Crippen LogP contribution is -1.95. The predicted molar refractivity (Wildman–Crippen MR) is 55.7 cm³/mol. The zero-order valence-electron chi connectivity index (χ0n) is 7.81. The average Bonchev–Trinajstić information content (AvgIpc) is 2.67. The van der Waals surface area contributed by atoms with Crippen LogP contribution in [0.25, 0.3) is 5.69 Å². The first kappa shape index (κ1) is 9.21. The maximum Gasteiger partial charge on any atom is 0.150 e. The molecular formula is C10H10ClN3. The van der Waals surface area contributed by atoms with Crippen molar-refractivity contribution in [2.45, 2.75) is 13.3 Å². The van der Waals surface area contributed by atoms with Crippen LogP contribution in [0.5, 0.6) is 0 Å². The van der Waals surface area contributed by atoms with E-state index in [0.29, 0.717) is 0 Å². The van der Waals surface area contributed by atoms with Gasteiger partial charge in [0.1, 0.15) is 6.33 Å². The highest BCUT2D eigenvalue weighted by atomic mass is 35.5. The molecule has 1 aromatic carbocycles. The summed E-state index contributed by atoms with van der Waals surface area (Å²) in [6.07, 6.45) is 2.56. The van der Waals surface area contributed by atoms with Gasteiger partial charge in [-0.1, -0.05) is 18.5 Å². The van der Waals surface area contributed by atoms with Gasteiger partial charge in [0.25, 0.3) is 0 Å². The van der Waals surface area contributed by atoms with Gasteiger partial charge in [0.15, 0.2) is 5.82 Å². The molecule has 1 heterocycles. The molecule has 2 aromatic rings. The summed E-state index contributed by atoms with van der Waals surface area (Å²) >= 11 is 5.79. The third-order valence-corrected chi connectivity index (χ3v) is 2.20. The number of halogens is 1. The van der Waals surface area contributed by atoms with E-state index in [1.807, 2.05) is 31.2 Å². The molecule has 72 valence electrons. The Kier molecular flexibility index (Phi) is 2.50. The van der Waals surface area contributed by atoms with Gasteiger partial charge in [-0.05, 0) is 24.3 Å². The highest BCUT2D eigenvalue weighted by molar-refractivity contribution is 6.30. The summed E-state index contributed by atoms with van der Waals surface area (Å²) in [4.78, 5) is 4.15. The fraction of sp³-hybridized carbons (Fsp3) is 0.200. The van der Waals surface area contributed by atoms with Crippen LogP contribution < -0.4 is 0 Å². The van der Waals surface area contributed by atoms with Crippen LogP contribution in [0.15, 0.2) is 30.6 Å². The van der Waals surface area contributed by atoms with Crippen LogP contribution in [0.3, 0.4) is 0 Å². The lowest BCUT2D eigenvalue weighted by atomic mass is 10.3. The number of hydrogen-bond acceptors (Lipinski definition) is 2. The molecule has 14 heavy (non-hydrogen) atoms. The van der Waals surface area contributed by atoms with Gasteiger partial charge >= 0.3 is 0 Å².